The van der Waals surface area contributed by atoms with E-state index in [0.29, 0.717) is 34.7 Å². The van der Waals surface area contributed by atoms with Gasteiger partial charge in [0.05, 0.1) is 9.79 Å². The first-order valence-electron chi connectivity index (χ1n) is 41.9. The van der Waals surface area contributed by atoms with Gasteiger partial charge in [-0.3, -0.25) is 0 Å². The topological polar surface area (TPSA) is 114 Å². The zero-order valence-corrected chi connectivity index (χ0v) is 70.1. The van der Waals surface area contributed by atoms with Gasteiger partial charge >= 0.3 is 48.9 Å². The Morgan fingerprint density at radius 1 is 0.227 bits per heavy atom. The second-order valence-corrected chi connectivity index (χ2v) is 32.6. The quantitative estimate of drug-likeness (QED) is 0.0247. The number of aryl methyl sites for hydroxylation is 4. The Labute approximate surface area is 642 Å². The van der Waals surface area contributed by atoms with Crippen LogP contribution in [0.5, 0.6) is 0 Å². The Bertz CT molecular complexity index is 2500. The van der Waals surface area contributed by atoms with Crippen LogP contribution in [0, 0.1) is 0 Å². The molecule has 4 aromatic rings. The Hall–Kier alpha value is -1.21. The maximum absolute atomic E-state index is 12.4. The predicted molar refractivity (Wildman–Crippen MR) is 424 cm³/mol. The average molecular weight is 1510 g/mol. The first-order chi connectivity index (χ1) is 46.9. The molecule has 0 fully saturated rings. The third-order valence-electron chi connectivity index (χ3n) is 21.0. The van der Waals surface area contributed by atoms with Gasteiger partial charge in [0.1, 0.15) is 20.2 Å². The van der Waals surface area contributed by atoms with Crippen molar-refractivity contribution >= 4 is 90.7 Å². The SMILES string of the molecule is CCCCCCCCCCCCCCCCCc1ccc2c(S(=O)(=O)[O-])c(CCCCCCCCCCCCCCCCC)ccc2c1.CCCCCCCCCCCCCCCCCc1ccc2c(S(=O)(=O)[O-])c(CCCCCCCCCCCCCCCCC)ccc2c1.[Ba+2]. The first-order valence-corrected chi connectivity index (χ1v) is 44.8. The van der Waals surface area contributed by atoms with E-state index >= 15 is 0 Å². The summed E-state index contributed by atoms with van der Waals surface area (Å²) in [6.45, 7) is 9.12. The largest absolute Gasteiger partial charge is 2.00 e. The molecule has 0 aliphatic carbocycles. The monoisotopic (exact) mass is 1500 g/mol. The van der Waals surface area contributed by atoms with Crippen LogP contribution in [0.25, 0.3) is 21.5 Å². The van der Waals surface area contributed by atoms with Crippen molar-refractivity contribution in [2.45, 2.75) is 448 Å². The molecule has 0 radical (unpaired) electrons. The Morgan fingerprint density at radius 3 is 0.588 bits per heavy atom. The smallest absolute Gasteiger partial charge is 0.744 e. The summed E-state index contributed by atoms with van der Waals surface area (Å²) in [6, 6.07) is 19.9. The van der Waals surface area contributed by atoms with Crippen LogP contribution < -0.4 is 0 Å². The molecule has 0 amide bonds. The molecular formula is C88H150BaO6S2. The van der Waals surface area contributed by atoms with Gasteiger partial charge in [0.15, 0.2) is 0 Å². The molecule has 0 saturated carbocycles. The molecule has 9 heteroatoms. The number of rotatable bonds is 66. The minimum absolute atomic E-state index is 0. The van der Waals surface area contributed by atoms with E-state index in [0.717, 1.165) is 62.1 Å². The molecule has 0 saturated heterocycles. The van der Waals surface area contributed by atoms with Crippen molar-refractivity contribution in [2.75, 3.05) is 0 Å². The summed E-state index contributed by atoms with van der Waals surface area (Å²) < 4.78 is 74.3. The van der Waals surface area contributed by atoms with Crippen molar-refractivity contribution in [3.8, 4) is 0 Å². The van der Waals surface area contributed by atoms with Crippen molar-refractivity contribution in [3.05, 3.63) is 82.9 Å². The Kier molecular flexibility index (Phi) is 59.9. The second-order valence-electron chi connectivity index (χ2n) is 29.9. The normalized spacial score (nSPS) is 11.9. The molecule has 0 spiro atoms. The summed E-state index contributed by atoms with van der Waals surface area (Å²) in [5.74, 6) is 0. The van der Waals surface area contributed by atoms with E-state index in [9.17, 15) is 25.9 Å². The minimum Gasteiger partial charge on any atom is -0.744 e. The van der Waals surface area contributed by atoms with Gasteiger partial charge in [-0.05, 0) is 95.2 Å². The third-order valence-corrected chi connectivity index (χ3v) is 22.9. The van der Waals surface area contributed by atoms with Gasteiger partial charge < -0.3 is 9.11 Å². The van der Waals surface area contributed by atoms with Crippen LogP contribution in [-0.4, -0.2) is 74.8 Å². The minimum atomic E-state index is -4.54. The van der Waals surface area contributed by atoms with Gasteiger partial charge in [0.2, 0.25) is 0 Å². The van der Waals surface area contributed by atoms with E-state index in [1.165, 1.54) is 358 Å². The summed E-state index contributed by atoms with van der Waals surface area (Å²) in [7, 11) is -9.07. The van der Waals surface area contributed by atoms with E-state index in [4.69, 9.17) is 0 Å². The molecule has 4 aromatic carbocycles. The number of fused-ring (bicyclic) bond motifs is 2. The maximum Gasteiger partial charge on any atom is 2.00 e. The molecule has 97 heavy (non-hydrogen) atoms. The van der Waals surface area contributed by atoms with Crippen LogP contribution in [0.1, 0.15) is 435 Å². The summed E-state index contributed by atoms with van der Waals surface area (Å²) in [5, 5.41) is 2.96. The maximum atomic E-state index is 12.4. The first kappa shape index (κ1) is 91.9. The van der Waals surface area contributed by atoms with E-state index < -0.39 is 20.2 Å². The summed E-state index contributed by atoms with van der Waals surface area (Å²) in [6.07, 6.45) is 83.4. The average Bonchev–Trinajstić information content (AvgIpc) is 0.786. The Balaban J connectivity index is 0.000000653. The van der Waals surface area contributed by atoms with Crippen molar-refractivity contribution in [2.24, 2.45) is 0 Å². The summed E-state index contributed by atoms with van der Waals surface area (Å²) in [4.78, 5) is 0.0350. The molecule has 0 aliphatic rings. The molecule has 0 N–H and O–H groups in total. The molecule has 0 aromatic heterocycles. The van der Waals surface area contributed by atoms with E-state index in [2.05, 4.69) is 39.8 Å². The van der Waals surface area contributed by atoms with Crippen LogP contribution in [0.15, 0.2) is 70.5 Å². The van der Waals surface area contributed by atoms with Gasteiger partial charge in [-0.15, -0.1) is 0 Å². The van der Waals surface area contributed by atoms with Crippen molar-refractivity contribution in [1.82, 2.24) is 0 Å². The van der Waals surface area contributed by atoms with E-state index in [1.54, 1.807) is 0 Å². The van der Waals surface area contributed by atoms with Gasteiger partial charge in [0, 0.05) is 0 Å². The molecule has 0 unspecified atom stereocenters. The van der Waals surface area contributed by atoms with Crippen LogP contribution >= 0.6 is 0 Å². The molecule has 0 heterocycles. The zero-order valence-electron chi connectivity index (χ0n) is 64.0. The van der Waals surface area contributed by atoms with Crippen molar-refractivity contribution in [1.29, 1.82) is 0 Å². The molecule has 6 nitrogen and oxygen atoms in total. The van der Waals surface area contributed by atoms with Crippen molar-refractivity contribution < 1.29 is 25.9 Å². The summed E-state index contributed by atoms with van der Waals surface area (Å²) in [5.41, 5.74) is 3.87. The van der Waals surface area contributed by atoms with Crippen LogP contribution in [-0.2, 0) is 45.9 Å². The van der Waals surface area contributed by atoms with Crippen LogP contribution in [0.2, 0.25) is 0 Å². The van der Waals surface area contributed by atoms with Gasteiger partial charge in [-0.2, -0.15) is 0 Å². The predicted octanol–water partition coefficient (Wildman–Crippen LogP) is 28.8. The molecular weight excluding hydrogens is 1350 g/mol. The standard InChI is InChI=1S/2C44H76O3S.Ba/c2*1-3-5-7-9-11-13-15-17-19-21-23-25-27-29-31-33-40-35-38-43-42(39-40)37-36-41(44(43)48(45,46)47)34-32-30-28-26-24-22-20-18-16-14-12-10-8-6-4-2;/h2*35-39H,3-34H2,1-2H3,(H,45,46,47);/q;;+2/p-2. The van der Waals surface area contributed by atoms with Gasteiger partial charge in [0.25, 0.3) is 0 Å². The fourth-order valence-corrected chi connectivity index (χ4v) is 16.8. The van der Waals surface area contributed by atoms with Crippen molar-refractivity contribution in [3.63, 3.8) is 0 Å². The molecule has 0 atom stereocenters. The molecule has 0 bridgehead atoms. The third kappa shape index (κ3) is 47.7. The van der Waals surface area contributed by atoms with Crippen LogP contribution in [0.3, 0.4) is 0 Å². The molecule has 0 aliphatic heterocycles. The summed E-state index contributed by atoms with van der Waals surface area (Å²) >= 11 is 0. The fraction of sp³-hybridized carbons (Fsp3) is 0.773. The molecule has 552 valence electrons. The number of benzene rings is 4. The molecule has 4 rings (SSSR count). The van der Waals surface area contributed by atoms with E-state index in [1.807, 2.05) is 48.5 Å². The zero-order chi connectivity index (χ0) is 69.1. The van der Waals surface area contributed by atoms with Crippen LogP contribution in [0.4, 0.5) is 0 Å². The van der Waals surface area contributed by atoms with Gasteiger partial charge in [-0.25, -0.2) is 16.8 Å². The second kappa shape index (κ2) is 63.3. The van der Waals surface area contributed by atoms with E-state index in [-0.39, 0.29) is 58.7 Å². The number of hydrogen-bond donors (Lipinski definition) is 0. The number of hydrogen-bond acceptors (Lipinski definition) is 6. The fourth-order valence-electron chi connectivity index (χ4n) is 14.9. The number of unbranched alkanes of at least 4 members (excludes halogenated alkanes) is 56. The Morgan fingerprint density at radius 2 is 0.402 bits per heavy atom. The van der Waals surface area contributed by atoms with Gasteiger partial charge in [-0.1, -0.05) is 448 Å².